The molecule has 6 nitrogen and oxygen atoms in total. The van der Waals surface area contributed by atoms with Crippen LogP contribution in [0.4, 0.5) is 11.4 Å². The zero-order chi connectivity index (χ0) is 26.4. The lowest BCUT2D eigenvalue weighted by atomic mass is 10.1. The fraction of sp³-hybridized carbons (Fsp3) is 0.179. The minimum absolute atomic E-state index is 0.106. The Morgan fingerprint density at radius 3 is 2.11 bits per heavy atom. The van der Waals surface area contributed by atoms with Crippen LogP contribution in [0, 0.1) is 39.0 Å². The number of nitrogens with one attached hydrogen (secondary N) is 2. The fourth-order valence-corrected chi connectivity index (χ4v) is 4.80. The Hall–Kier alpha value is -3.41. The molecule has 0 saturated carbocycles. The van der Waals surface area contributed by atoms with Gasteiger partial charge in [-0.3, -0.25) is 9.59 Å². The van der Waals surface area contributed by atoms with E-state index in [4.69, 9.17) is 4.74 Å². The molecule has 0 atom stereocenters. The lowest BCUT2D eigenvalue weighted by Crippen LogP contribution is -2.21. The van der Waals surface area contributed by atoms with Crippen molar-refractivity contribution in [1.82, 2.24) is 0 Å². The third-order valence-corrected chi connectivity index (χ3v) is 6.83. The average molecular weight is 611 g/mol. The summed E-state index contributed by atoms with van der Waals surface area (Å²) in [5.41, 5.74) is 5.71. The van der Waals surface area contributed by atoms with Crippen molar-refractivity contribution >= 4 is 61.1 Å². The molecule has 2 amide bonds. The first-order valence-electron chi connectivity index (χ1n) is 11.1. The molecule has 0 aliphatic heterocycles. The van der Waals surface area contributed by atoms with Crippen molar-refractivity contribution in [2.24, 2.45) is 0 Å². The molecule has 3 rings (SSSR count). The van der Waals surface area contributed by atoms with E-state index in [-0.39, 0.29) is 18.1 Å². The molecule has 0 radical (unpaired) electrons. The first kappa shape index (κ1) is 27.2. The molecule has 0 spiro atoms. The first-order valence-corrected chi connectivity index (χ1v) is 12.7. The van der Waals surface area contributed by atoms with Crippen LogP contribution in [0.3, 0.4) is 0 Å². The normalized spacial score (nSPS) is 11.0. The lowest BCUT2D eigenvalue weighted by molar-refractivity contribution is -0.118. The summed E-state index contributed by atoms with van der Waals surface area (Å²) in [6.07, 6.45) is 1.44. The predicted molar refractivity (Wildman–Crippen MR) is 150 cm³/mol. The van der Waals surface area contributed by atoms with Gasteiger partial charge in [0, 0.05) is 21.4 Å². The Kier molecular flexibility index (Phi) is 9.08. The third-order valence-electron chi connectivity index (χ3n) is 5.78. The molecule has 3 aromatic rings. The van der Waals surface area contributed by atoms with E-state index in [0.29, 0.717) is 31.6 Å². The Labute approximate surface area is 227 Å². The van der Waals surface area contributed by atoms with Gasteiger partial charge >= 0.3 is 0 Å². The van der Waals surface area contributed by atoms with Crippen LogP contribution in [-0.2, 0) is 9.59 Å². The Balaban J connectivity index is 1.83. The van der Waals surface area contributed by atoms with Crippen molar-refractivity contribution < 1.29 is 14.3 Å². The second kappa shape index (κ2) is 12.0. The number of hydrogen-bond donors (Lipinski definition) is 2. The highest BCUT2D eigenvalue weighted by Crippen LogP contribution is 2.34. The maximum Gasteiger partial charge on any atom is 0.266 e. The number of nitriles is 1. The third kappa shape index (κ3) is 6.62. The van der Waals surface area contributed by atoms with Crippen LogP contribution in [0.2, 0.25) is 0 Å². The van der Waals surface area contributed by atoms with Crippen LogP contribution in [-0.4, -0.2) is 18.4 Å². The molecule has 0 fully saturated rings. The highest BCUT2D eigenvalue weighted by atomic mass is 79.9. The van der Waals surface area contributed by atoms with Gasteiger partial charge in [-0.15, -0.1) is 0 Å². The quantitative estimate of drug-likeness (QED) is 0.222. The molecular weight excluding hydrogens is 586 g/mol. The molecule has 0 aliphatic carbocycles. The molecule has 0 saturated heterocycles. The van der Waals surface area contributed by atoms with E-state index in [0.717, 1.165) is 22.3 Å². The van der Waals surface area contributed by atoms with Gasteiger partial charge in [-0.25, -0.2) is 0 Å². The maximum atomic E-state index is 12.9. The number of aryl methyl sites for hydroxylation is 2. The first-order chi connectivity index (χ1) is 17.1. The number of nitrogens with zero attached hydrogens (tertiary/aromatic N) is 1. The van der Waals surface area contributed by atoms with E-state index in [1.807, 2.05) is 64.1 Å². The molecule has 8 heteroatoms. The van der Waals surface area contributed by atoms with Crippen LogP contribution in [0.5, 0.6) is 5.75 Å². The van der Waals surface area contributed by atoms with Gasteiger partial charge in [0.05, 0.1) is 4.47 Å². The number of carbonyl (C=O) groups is 2. The van der Waals surface area contributed by atoms with Gasteiger partial charge in [0.2, 0.25) is 0 Å². The molecule has 184 valence electrons. The highest BCUT2D eigenvalue weighted by Gasteiger charge is 2.16. The molecule has 3 aromatic carbocycles. The van der Waals surface area contributed by atoms with Crippen LogP contribution >= 0.6 is 31.9 Å². The fourth-order valence-electron chi connectivity index (χ4n) is 3.43. The summed E-state index contributed by atoms with van der Waals surface area (Å²) in [6.45, 7) is 7.51. The van der Waals surface area contributed by atoms with Crippen LogP contribution < -0.4 is 15.4 Å². The zero-order valence-corrected chi connectivity index (χ0v) is 23.5. The van der Waals surface area contributed by atoms with Gasteiger partial charge in [-0.05, 0) is 96.2 Å². The van der Waals surface area contributed by atoms with Crippen LogP contribution in [0.25, 0.3) is 6.08 Å². The summed E-state index contributed by atoms with van der Waals surface area (Å²) >= 11 is 6.89. The van der Waals surface area contributed by atoms with Gasteiger partial charge in [0.15, 0.2) is 6.61 Å². The molecule has 0 aromatic heterocycles. The molecule has 0 bridgehead atoms. The minimum Gasteiger partial charge on any atom is -0.482 e. The van der Waals surface area contributed by atoms with Crippen LogP contribution in [0.15, 0.2) is 63.0 Å². The Bertz CT molecular complexity index is 1410. The molecule has 0 unspecified atom stereocenters. The molecule has 0 aliphatic rings. The topological polar surface area (TPSA) is 91.2 Å². The summed E-state index contributed by atoms with van der Waals surface area (Å²) in [6, 6.07) is 16.7. The van der Waals surface area contributed by atoms with Crippen molar-refractivity contribution in [3.8, 4) is 11.8 Å². The SMILES string of the molecule is Cc1cccc(NC(=O)COc2c(Br)cc(Br)cc2/C=C(/C#N)C(=O)Nc2cccc(C)c2C)c1C. The number of halogens is 2. The van der Waals surface area contributed by atoms with Gasteiger partial charge in [-0.2, -0.15) is 5.26 Å². The predicted octanol–water partition coefficient (Wildman–Crippen LogP) is 7.01. The van der Waals surface area contributed by atoms with Gasteiger partial charge in [0.1, 0.15) is 17.4 Å². The average Bonchev–Trinajstić information content (AvgIpc) is 2.82. The number of anilines is 2. The second-order valence-corrected chi connectivity index (χ2v) is 10.0. The van der Waals surface area contributed by atoms with Crippen LogP contribution in [0.1, 0.15) is 27.8 Å². The van der Waals surface area contributed by atoms with E-state index in [2.05, 4.69) is 42.5 Å². The molecular formula is C28H25Br2N3O3. The summed E-state index contributed by atoms with van der Waals surface area (Å²) in [7, 11) is 0. The van der Waals surface area contributed by atoms with Crippen molar-refractivity contribution in [1.29, 1.82) is 5.26 Å². The summed E-state index contributed by atoms with van der Waals surface area (Å²) in [5, 5.41) is 15.4. The molecule has 36 heavy (non-hydrogen) atoms. The smallest absolute Gasteiger partial charge is 0.266 e. The monoisotopic (exact) mass is 609 g/mol. The standard InChI is InChI=1S/C28H25Br2N3O3/c1-16-7-5-9-24(18(16)3)32-26(34)15-36-27-20(12-22(29)13-23(27)30)11-21(14-31)28(35)33-25-10-6-8-17(2)19(25)4/h5-13H,15H2,1-4H3,(H,32,34)(H,33,35)/b21-11-. The van der Waals surface area contributed by atoms with E-state index >= 15 is 0 Å². The van der Waals surface area contributed by atoms with Gasteiger partial charge in [-0.1, -0.05) is 40.2 Å². The summed E-state index contributed by atoms with van der Waals surface area (Å²) in [5.74, 6) is -0.538. The Morgan fingerprint density at radius 2 is 1.53 bits per heavy atom. The van der Waals surface area contributed by atoms with E-state index in [1.54, 1.807) is 18.2 Å². The van der Waals surface area contributed by atoms with Gasteiger partial charge < -0.3 is 15.4 Å². The number of ether oxygens (including phenoxy) is 1. The maximum absolute atomic E-state index is 12.9. The van der Waals surface area contributed by atoms with E-state index in [9.17, 15) is 14.9 Å². The second-order valence-electron chi connectivity index (χ2n) is 8.26. The summed E-state index contributed by atoms with van der Waals surface area (Å²) < 4.78 is 7.11. The number of benzene rings is 3. The Morgan fingerprint density at radius 1 is 0.944 bits per heavy atom. The number of carbonyl (C=O) groups excluding carboxylic acids is 2. The zero-order valence-electron chi connectivity index (χ0n) is 20.3. The summed E-state index contributed by atoms with van der Waals surface area (Å²) in [4.78, 5) is 25.5. The van der Waals surface area contributed by atoms with Crippen molar-refractivity contribution in [3.63, 3.8) is 0 Å². The van der Waals surface area contributed by atoms with Crippen molar-refractivity contribution in [3.05, 3.63) is 90.9 Å². The van der Waals surface area contributed by atoms with Gasteiger partial charge in [0.25, 0.3) is 11.8 Å². The van der Waals surface area contributed by atoms with E-state index < -0.39 is 5.91 Å². The number of amides is 2. The highest BCUT2D eigenvalue weighted by molar-refractivity contribution is 9.11. The molecule has 0 heterocycles. The lowest BCUT2D eigenvalue weighted by Gasteiger charge is -2.14. The van der Waals surface area contributed by atoms with E-state index in [1.165, 1.54) is 6.08 Å². The largest absolute Gasteiger partial charge is 0.482 e. The van der Waals surface area contributed by atoms with Crippen molar-refractivity contribution in [2.45, 2.75) is 27.7 Å². The number of hydrogen-bond acceptors (Lipinski definition) is 4. The number of rotatable bonds is 7. The van der Waals surface area contributed by atoms with Crippen molar-refractivity contribution in [2.75, 3.05) is 17.2 Å². The minimum atomic E-state index is -0.541. The molecule has 2 N–H and O–H groups in total.